The highest BCUT2D eigenvalue weighted by molar-refractivity contribution is 7.20. The summed E-state index contributed by atoms with van der Waals surface area (Å²) < 4.78 is 28.1. The molecule has 0 saturated heterocycles. The molecular weight excluding hydrogens is 408 g/mol. The number of rotatable bonds is 5. The summed E-state index contributed by atoms with van der Waals surface area (Å²) in [5, 5.41) is 3.60. The van der Waals surface area contributed by atoms with Crippen molar-refractivity contribution in [2.45, 2.75) is 13.0 Å². The predicted octanol–water partition coefficient (Wildman–Crippen LogP) is 3.79. The third-order valence-electron chi connectivity index (χ3n) is 4.76. The molecule has 5 nitrogen and oxygen atoms in total. The first-order valence-corrected chi connectivity index (χ1v) is 9.97. The lowest BCUT2D eigenvalue weighted by atomic mass is 10.1. The Hall–Kier alpha value is -3.39. The van der Waals surface area contributed by atoms with Crippen LogP contribution in [-0.4, -0.2) is 15.5 Å². The minimum atomic E-state index is -0.950. The van der Waals surface area contributed by atoms with Crippen LogP contribution in [0.5, 0.6) is 0 Å². The van der Waals surface area contributed by atoms with Gasteiger partial charge in [0.2, 0.25) is 0 Å². The molecule has 152 valence electrons. The summed E-state index contributed by atoms with van der Waals surface area (Å²) >= 11 is 1.23. The van der Waals surface area contributed by atoms with Gasteiger partial charge in [-0.1, -0.05) is 6.07 Å². The number of thiophene rings is 1. The van der Waals surface area contributed by atoms with Gasteiger partial charge in [0, 0.05) is 43.4 Å². The Bertz CT molecular complexity index is 1300. The van der Waals surface area contributed by atoms with Gasteiger partial charge in [-0.05, 0) is 47.5 Å². The molecule has 0 aliphatic heterocycles. The van der Waals surface area contributed by atoms with Crippen LogP contribution in [0.4, 0.5) is 8.78 Å². The molecule has 0 saturated carbocycles. The number of carbonyl (C=O) groups excluding carboxylic acids is 1. The third kappa shape index (κ3) is 3.99. The molecule has 0 spiro atoms. The lowest BCUT2D eigenvalue weighted by Gasteiger charge is -2.06. The molecule has 3 aromatic heterocycles. The number of aryl methyl sites for hydroxylation is 1. The second-order valence-electron chi connectivity index (χ2n) is 6.87. The highest BCUT2D eigenvalue weighted by Crippen LogP contribution is 2.25. The van der Waals surface area contributed by atoms with Gasteiger partial charge in [-0.3, -0.25) is 14.6 Å². The average Bonchev–Trinajstić information content (AvgIpc) is 3.18. The Kier molecular flexibility index (Phi) is 5.41. The van der Waals surface area contributed by atoms with E-state index in [9.17, 15) is 18.4 Å². The maximum atomic E-state index is 13.5. The van der Waals surface area contributed by atoms with E-state index in [0.717, 1.165) is 23.1 Å². The van der Waals surface area contributed by atoms with E-state index >= 15 is 0 Å². The fourth-order valence-electron chi connectivity index (χ4n) is 3.20. The molecule has 1 aromatic carbocycles. The van der Waals surface area contributed by atoms with E-state index < -0.39 is 11.6 Å². The number of hydrogen-bond donors (Lipinski definition) is 1. The van der Waals surface area contributed by atoms with Crippen LogP contribution in [0.15, 0.2) is 59.7 Å². The molecule has 0 bridgehead atoms. The van der Waals surface area contributed by atoms with Crippen molar-refractivity contribution in [3.63, 3.8) is 0 Å². The van der Waals surface area contributed by atoms with Gasteiger partial charge in [0.05, 0.1) is 4.88 Å². The summed E-state index contributed by atoms with van der Waals surface area (Å²) in [7, 11) is 1.63. The lowest BCUT2D eigenvalue weighted by molar-refractivity contribution is 0.0955. The van der Waals surface area contributed by atoms with E-state index in [0.29, 0.717) is 27.4 Å². The normalized spacial score (nSPS) is 11.0. The standard InChI is InChI=1S/C22H17F2N3O2S/c1-27-21(29)15(8-14-2-3-17(23)18(24)9-14)10-16-11-19(30-22(16)27)20(28)26-12-13-4-6-25-7-5-13/h2-7,9-11H,8,12H2,1H3,(H,26,28). The average molecular weight is 425 g/mol. The van der Waals surface area contributed by atoms with Crippen LogP contribution in [0.25, 0.3) is 10.2 Å². The predicted molar refractivity (Wildman–Crippen MR) is 112 cm³/mol. The molecule has 0 radical (unpaired) electrons. The van der Waals surface area contributed by atoms with Crippen LogP contribution in [0.2, 0.25) is 0 Å². The molecule has 0 aliphatic rings. The number of nitrogens with one attached hydrogen (secondary N) is 1. The summed E-state index contributed by atoms with van der Waals surface area (Å²) in [5.41, 5.74) is 1.63. The summed E-state index contributed by atoms with van der Waals surface area (Å²) in [6.45, 7) is 0.371. The number of fused-ring (bicyclic) bond motifs is 1. The van der Waals surface area contributed by atoms with Crippen LogP contribution < -0.4 is 10.9 Å². The number of carbonyl (C=O) groups is 1. The Morgan fingerprint density at radius 3 is 2.57 bits per heavy atom. The van der Waals surface area contributed by atoms with Crippen molar-refractivity contribution in [1.82, 2.24) is 14.9 Å². The van der Waals surface area contributed by atoms with Crippen LogP contribution >= 0.6 is 11.3 Å². The second kappa shape index (κ2) is 8.16. The van der Waals surface area contributed by atoms with Crippen LogP contribution in [0, 0.1) is 11.6 Å². The minimum Gasteiger partial charge on any atom is -0.347 e. The second-order valence-corrected chi connectivity index (χ2v) is 7.90. The van der Waals surface area contributed by atoms with E-state index in [1.54, 1.807) is 31.6 Å². The number of pyridine rings is 2. The quantitative estimate of drug-likeness (QED) is 0.529. The van der Waals surface area contributed by atoms with Gasteiger partial charge in [0.25, 0.3) is 11.5 Å². The first kappa shape index (κ1) is 19.9. The summed E-state index contributed by atoms with van der Waals surface area (Å²) in [6.07, 6.45) is 3.48. The Balaban J connectivity index is 1.61. The number of hydrogen-bond acceptors (Lipinski definition) is 4. The van der Waals surface area contributed by atoms with Crippen LogP contribution in [0.1, 0.15) is 26.4 Å². The molecule has 30 heavy (non-hydrogen) atoms. The summed E-state index contributed by atoms with van der Waals surface area (Å²) in [5.74, 6) is -2.11. The summed E-state index contributed by atoms with van der Waals surface area (Å²) in [6, 6.07) is 10.7. The molecule has 4 aromatic rings. The number of amides is 1. The molecule has 0 aliphatic carbocycles. The van der Waals surface area contributed by atoms with Gasteiger partial charge in [-0.25, -0.2) is 8.78 Å². The molecule has 0 unspecified atom stereocenters. The van der Waals surface area contributed by atoms with Crippen LogP contribution in [0.3, 0.4) is 0 Å². The minimum absolute atomic E-state index is 0.166. The van der Waals surface area contributed by atoms with E-state index in [-0.39, 0.29) is 17.9 Å². The molecule has 1 N–H and O–H groups in total. The number of halogens is 2. The van der Waals surface area contributed by atoms with Gasteiger partial charge in [-0.2, -0.15) is 0 Å². The van der Waals surface area contributed by atoms with E-state index in [1.165, 1.54) is 22.0 Å². The maximum Gasteiger partial charge on any atom is 0.261 e. The number of nitrogens with zero attached hydrogens (tertiary/aromatic N) is 2. The van der Waals surface area contributed by atoms with E-state index in [2.05, 4.69) is 10.3 Å². The van der Waals surface area contributed by atoms with E-state index in [4.69, 9.17) is 0 Å². The Morgan fingerprint density at radius 1 is 1.07 bits per heavy atom. The topological polar surface area (TPSA) is 64.0 Å². The largest absolute Gasteiger partial charge is 0.347 e. The molecule has 4 rings (SSSR count). The van der Waals surface area contributed by atoms with Crippen molar-refractivity contribution in [3.8, 4) is 0 Å². The highest BCUT2D eigenvalue weighted by atomic mass is 32.1. The number of benzene rings is 1. The first-order valence-electron chi connectivity index (χ1n) is 9.16. The zero-order valence-electron chi connectivity index (χ0n) is 16.0. The van der Waals surface area contributed by atoms with Gasteiger partial charge in [0.15, 0.2) is 11.6 Å². The highest BCUT2D eigenvalue weighted by Gasteiger charge is 2.15. The third-order valence-corrected chi connectivity index (χ3v) is 5.98. The van der Waals surface area contributed by atoms with Gasteiger partial charge >= 0.3 is 0 Å². The van der Waals surface area contributed by atoms with Gasteiger partial charge < -0.3 is 9.88 Å². The SMILES string of the molecule is Cn1c(=O)c(Cc2ccc(F)c(F)c2)cc2cc(C(=O)NCc3ccncc3)sc21. The first-order chi connectivity index (χ1) is 14.4. The van der Waals surface area contributed by atoms with Gasteiger partial charge in [-0.15, -0.1) is 11.3 Å². The van der Waals surface area contributed by atoms with Crippen molar-refractivity contribution >= 4 is 27.5 Å². The zero-order valence-corrected chi connectivity index (χ0v) is 16.8. The molecule has 0 atom stereocenters. The molecule has 8 heteroatoms. The Labute approximate surface area is 174 Å². The zero-order chi connectivity index (χ0) is 21.3. The molecule has 3 heterocycles. The van der Waals surface area contributed by atoms with Crippen molar-refractivity contribution in [1.29, 1.82) is 0 Å². The monoisotopic (exact) mass is 425 g/mol. The molecular formula is C22H17F2N3O2S. The van der Waals surface area contributed by atoms with Crippen molar-refractivity contribution in [2.24, 2.45) is 7.05 Å². The fourth-order valence-corrected chi connectivity index (χ4v) is 4.21. The molecule has 0 fully saturated rings. The van der Waals surface area contributed by atoms with Crippen molar-refractivity contribution in [3.05, 3.63) is 98.4 Å². The number of aromatic nitrogens is 2. The van der Waals surface area contributed by atoms with Gasteiger partial charge in [0.1, 0.15) is 4.83 Å². The smallest absolute Gasteiger partial charge is 0.261 e. The fraction of sp³-hybridized carbons (Fsp3) is 0.136. The summed E-state index contributed by atoms with van der Waals surface area (Å²) in [4.78, 5) is 30.4. The Morgan fingerprint density at radius 2 is 1.83 bits per heavy atom. The van der Waals surface area contributed by atoms with Crippen molar-refractivity contribution < 1.29 is 13.6 Å². The van der Waals surface area contributed by atoms with Crippen LogP contribution in [-0.2, 0) is 20.0 Å². The molecule has 1 amide bonds. The van der Waals surface area contributed by atoms with E-state index in [1.807, 2.05) is 12.1 Å². The maximum absolute atomic E-state index is 13.5. The lowest BCUT2D eigenvalue weighted by Crippen LogP contribution is -2.21. The van der Waals surface area contributed by atoms with Crippen molar-refractivity contribution in [2.75, 3.05) is 0 Å².